The summed E-state index contributed by atoms with van der Waals surface area (Å²) in [6.45, 7) is 2.92. The standard InChI is InChI=1S/C18H20N4O2S/c1-2-15-7-9-18(10-8-15)25(23,24)21-11-16-3-5-17(6-4-16)12-22-14-19-13-20-22/h3-10,13-14,21H,2,11-12H2,1H3. The molecule has 0 bridgehead atoms. The van der Waals surface area contributed by atoms with Crippen molar-refractivity contribution in [2.45, 2.75) is 31.3 Å². The van der Waals surface area contributed by atoms with E-state index in [1.807, 2.05) is 43.3 Å². The fourth-order valence-electron chi connectivity index (χ4n) is 2.43. The van der Waals surface area contributed by atoms with Crippen molar-refractivity contribution in [1.82, 2.24) is 19.5 Å². The third-order valence-corrected chi connectivity index (χ3v) is 5.36. The predicted octanol–water partition coefficient (Wildman–Crippen LogP) is 2.37. The van der Waals surface area contributed by atoms with Gasteiger partial charge in [0.05, 0.1) is 11.4 Å². The van der Waals surface area contributed by atoms with Gasteiger partial charge in [-0.15, -0.1) is 0 Å². The van der Waals surface area contributed by atoms with Crippen LogP contribution in [-0.2, 0) is 29.5 Å². The molecule has 1 heterocycles. The molecular formula is C18H20N4O2S. The summed E-state index contributed by atoms with van der Waals surface area (Å²) in [6.07, 6.45) is 4.04. The molecule has 25 heavy (non-hydrogen) atoms. The molecule has 0 aliphatic heterocycles. The van der Waals surface area contributed by atoms with Crippen LogP contribution in [0.1, 0.15) is 23.6 Å². The lowest BCUT2D eigenvalue weighted by Gasteiger charge is -2.08. The minimum atomic E-state index is -3.51. The molecule has 0 aliphatic carbocycles. The Morgan fingerprint density at radius 1 is 0.960 bits per heavy atom. The van der Waals surface area contributed by atoms with Crippen LogP contribution in [0.15, 0.2) is 66.1 Å². The maximum atomic E-state index is 12.4. The predicted molar refractivity (Wildman–Crippen MR) is 95.4 cm³/mol. The summed E-state index contributed by atoms with van der Waals surface area (Å²) in [5.41, 5.74) is 3.09. The molecule has 0 radical (unpaired) electrons. The Morgan fingerprint density at radius 3 is 2.20 bits per heavy atom. The molecule has 0 spiro atoms. The van der Waals surface area contributed by atoms with Crippen molar-refractivity contribution in [2.75, 3.05) is 0 Å². The van der Waals surface area contributed by atoms with E-state index in [9.17, 15) is 8.42 Å². The number of benzene rings is 2. The van der Waals surface area contributed by atoms with E-state index in [0.717, 1.165) is 23.1 Å². The van der Waals surface area contributed by atoms with Crippen molar-refractivity contribution in [3.63, 3.8) is 0 Å². The number of nitrogens with one attached hydrogen (secondary N) is 1. The highest BCUT2D eigenvalue weighted by molar-refractivity contribution is 7.89. The Morgan fingerprint density at radius 2 is 1.60 bits per heavy atom. The first-order chi connectivity index (χ1) is 12.1. The Hall–Kier alpha value is -2.51. The number of hydrogen-bond acceptors (Lipinski definition) is 4. The van der Waals surface area contributed by atoms with Crippen molar-refractivity contribution < 1.29 is 8.42 Å². The molecule has 1 N–H and O–H groups in total. The first kappa shape index (κ1) is 17.3. The summed E-state index contributed by atoms with van der Waals surface area (Å²) in [4.78, 5) is 4.19. The van der Waals surface area contributed by atoms with E-state index in [0.29, 0.717) is 6.54 Å². The van der Waals surface area contributed by atoms with Gasteiger partial charge < -0.3 is 0 Å². The number of rotatable bonds is 7. The molecule has 0 fully saturated rings. The molecule has 7 heteroatoms. The molecule has 130 valence electrons. The van der Waals surface area contributed by atoms with Gasteiger partial charge in [-0.25, -0.2) is 22.8 Å². The van der Waals surface area contributed by atoms with Crippen LogP contribution in [0.2, 0.25) is 0 Å². The summed E-state index contributed by atoms with van der Waals surface area (Å²) >= 11 is 0. The summed E-state index contributed by atoms with van der Waals surface area (Å²) in [5.74, 6) is 0. The number of sulfonamides is 1. The van der Waals surface area contributed by atoms with Crippen LogP contribution in [0.4, 0.5) is 0 Å². The zero-order valence-electron chi connectivity index (χ0n) is 14.0. The van der Waals surface area contributed by atoms with Crippen LogP contribution in [-0.4, -0.2) is 23.2 Å². The van der Waals surface area contributed by atoms with Crippen molar-refractivity contribution in [3.05, 3.63) is 77.9 Å². The van der Waals surface area contributed by atoms with Gasteiger partial charge in [0.25, 0.3) is 0 Å². The van der Waals surface area contributed by atoms with Crippen molar-refractivity contribution in [2.24, 2.45) is 0 Å². The average molecular weight is 356 g/mol. The van der Waals surface area contributed by atoms with E-state index in [1.165, 1.54) is 6.33 Å². The molecule has 0 saturated carbocycles. The Bertz CT molecular complexity index is 903. The lowest BCUT2D eigenvalue weighted by molar-refractivity contribution is 0.581. The molecule has 3 rings (SSSR count). The highest BCUT2D eigenvalue weighted by Gasteiger charge is 2.13. The summed E-state index contributed by atoms with van der Waals surface area (Å²) in [7, 11) is -3.51. The van der Waals surface area contributed by atoms with E-state index in [4.69, 9.17) is 0 Å². The normalized spacial score (nSPS) is 11.6. The smallest absolute Gasteiger partial charge is 0.240 e. The topological polar surface area (TPSA) is 76.9 Å². The van der Waals surface area contributed by atoms with Crippen LogP contribution in [0, 0.1) is 0 Å². The van der Waals surface area contributed by atoms with E-state index in [1.54, 1.807) is 23.1 Å². The van der Waals surface area contributed by atoms with Gasteiger partial charge in [0.1, 0.15) is 12.7 Å². The number of aromatic nitrogens is 3. The van der Waals surface area contributed by atoms with Gasteiger partial charge in [-0.2, -0.15) is 5.10 Å². The fourth-order valence-corrected chi connectivity index (χ4v) is 3.45. The van der Waals surface area contributed by atoms with Crippen LogP contribution in [0.3, 0.4) is 0 Å². The van der Waals surface area contributed by atoms with Gasteiger partial charge in [-0.3, -0.25) is 0 Å². The van der Waals surface area contributed by atoms with E-state index in [-0.39, 0.29) is 11.4 Å². The lowest BCUT2D eigenvalue weighted by atomic mass is 10.1. The van der Waals surface area contributed by atoms with Crippen LogP contribution < -0.4 is 4.72 Å². The second-order valence-electron chi connectivity index (χ2n) is 5.73. The van der Waals surface area contributed by atoms with Gasteiger partial charge in [-0.05, 0) is 35.2 Å². The highest BCUT2D eigenvalue weighted by atomic mass is 32.2. The summed E-state index contributed by atoms with van der Waals surface area (Å²) in [5, 5.41) is 4.06. The largest absolute Gasteiger partial charge is 0.249 e. The third-order valence-electron chi connectivity index (χ3n) is 3.94. The quantitative estimate of drug-likeness (QED) is 0.705. The second-order valence-corrected chi connectivity index (χ2v) is 7.50. The van der Waals surface area contributed by atoms with Gasteiger partial charge >= 0.3 is 0 Å². The zero-order valence-corrected chi connectivity index (χ0v) is 14.8. The van der Waals surface area contributed by atoms with Gasteiger partial charge in [0.2, 0.25) is 10.0 Å². The van der Waals surface area contributed by atoms with E-state index in [2.05, 4.69) is 14.8 Å². The molecule has 1 aromatic heterocycles. The fraction of sp³-hybridized carbons (Fsp3) is 0.222. The van der Waals surface area contributed by atoms with E-state index >= 15 is 0 Å². The van der Waals surface area contributed by atoms with Crippen molar-refractivity contribution in [3.8, 4) is 0 Å². The number of hydrogen-bond donors (Lipinski definition) is 1. The lowest BCUT2D eigenvalue weighted by Crippen LogP contribution is -2.23. The Kier molecular flexibility index (Phi) is 5.25. The minimum Gasteiger partial charge on any atom is -0.249 e. The summed E-state index contributed by atoms with van der Waals surface area (Å²) < 4.78 is 29.1. The zero-order chi connectivity index (χ0) is 17.7. The van der Waals surface area contributed by atoms with Crippen LogP contribution >= 0.6 is 0 Å². The molecule has 6 nitrogen and oxygen atoms in total. The van der Waals surface area contributed by atoms with Gasteiger partial charge in [-0.1, -0.05) is 43.3 Å². The Balaban J connectivity index is 1.62. The highest BCUT2D eigenvalue weighted by Crippen LogP contribution is 2.12. The second kappa shape index (κ2) is 7.58. The number of nitrogens with zero attached hydrogens (tertiary/aromatic N) is 3. The van der Waals surface area contributed by atoms with Crippen molar-refractivity contribution in [1.29, 1.82) is 0 Å². The average Bonchev–Trinajstić information content (AvgIpc) is 3.14. The Labute approximate surface area is 147 Å². The molecular weight excluding hydrogens is 336 g/mol. The number of aryl methyl sites for hydroxylation is 1. The maximum absolute atomic E-state index is 12.4. The molecule has 0 atom stereocenters. The molecule has 0 amide bonds. The van der Waals surface area contributed by atoms with Gasteiger partial charge in [0.15, 0.2) is 0 Å². The van der Waals surface area contributed by atoms with Crippen molar-refractivity contribution >= 4 is 10.0 Å². The van der Waals surface area contributed by atoms with E-state index < -0.39 is 10.0 Å². The molecule has 0 unspecified atom stereocenters. The van der Waals surface area contributed by atoms with Crippen LogP contribution in [0.5, 0.6) is 0 Å². The minimum absolute atomic E-state index is 0.251. The van der Waals surface area contributed by atoms with Gasteiger partial charge in [0, 0.05) is 6.54 Å². The molecule has 3 aromatic rings. The molecule has 2 aromatic carbocycles. The first-order valence-electron chi connectivity index (χ1n) is 8.05. The SMILES string of the molecule is CCc1ccc(S(=O)(=O)NCc2ccc(Cn3cncn3)cc2)cc1. The van der Waals surface area contributed by atoms with Crippen LogP contribution in [0.25, 0.3) is 0 Å². The maximum Gasteiger partial charge on any atom is 0.240 e. The summed E-state index contributed by atoms with van der Waals surface area (Å²) in [6, 6.07) is 14.7. The monoisotopic (exact) mass is 356 g/mol. The first-order valence-corrected chi connectivity index (χ1v) is 9.54. The molecule has 0 aliphatic rings. The third kappa shape index (κ3) is 4.52. The molecule has 0 saturated heterocycles.